The van der Waals surface area contributed by atoms with Crippen LogP contribution in [0.1, 0.15) is 34.1 Å². The minimum absolute atomic E-state index is 0.275. The topological polar surface area (TPSA) is 29.3 Å². The number of rotatable bonds is 3. The first kappa shape index (κ1) is 12.0. The van der Waals surface area contributed by atoms with E-state index in [0.29, 0.717) is 0 Å². The molecule has 1 heterocycles. The van der Waals surface area contributed by atoms with E-state index in [0.717, 1.165) is 24.9 Å². The number of nitrogens with two attached hydrogens (primary N) is 1. The number of nitrogens with zero attached hydrogens (tertiary/aromatic N) is 1. The summed E-state index contributed by atoms with van der Waals surface area (Å²) in [7, 11) is 0. The third kappa shape index (κ3) is 3.58. The van der Waals surface area contributed by atoms with E-state index < -0.39 is 0 Å². The van der Waals surface area contributed by atoms with E-state index in [-0.39, 0.29) is 5.41 Å². The lowest BCUT2D eigenvalue weighted by Gasteiger charge is -2.39. The van der Waals surface area contributed by atoms with Gasteiger partial charge in [-0.05, 0) is 30.2 Å². The normalized spacial score (nSPS) is 30.6. The second-order valence-corrected chi connectivity index (χ2v) is 6.01. The molecule has 1 aliphatic rings. The molecule has 2 atom stereocenters. The molecule has 0 aliphatic carbocycles. The molecular formula is C12H26N2. The lowest BCUT2D eigenvalue weighted by Crippen LogP contribution is -2.45. The smallest absolute Gasteiger partial charge is 0.00450 e. The van der Waals surface area contributed by atoms with Crippen LogP contribution in [0.3, 0.4) is 0 Å². The van der Waals surface area contributed by atoms with Gasteiger partial charge in [0, 0.05) is 19.6 Å². The lowest BCUT2D eigenvalue weighted by molar-refractivity contribution is 0.0995. The van der Waals surface area contributed by atoms with Crippen molar-refractivity contribution in [2.75, 3.05) is 26.2 Å². The number of hydrogen-bond acceptors (Lipinski definition) is 2. The van der Waals surface area contributed by atoms with Gasteiger partial charge in [-0.3, -0.25) is 0 Å². The quantitative estimate of drug-likeness (QED) is 0.751. The van der Waals surface area contributed by atoms with Gasteiger partial charge < -0.3 is 10.6 Å². The summed E-state index contributed by atoms with van der Waals surface area (Å²) in [6.45, 7) is 13.7. The van der Waals surface area contributed by atoms with Gasteiger partial charge in [-0.2, -0.15) is 0 Å². The minimum Gasteiger partial charge on any atom is -0.330 e. The molecule has 1 aliphatic heterocycles. The Kier molecular flexibility index (Phi) is 3.96. The van der Waals surface area contributed by atoms with Crippen LogP contribution in [0.25, 0.3) is 0 Å². The highest BCUT2D eigenvalue weighted by atomic mass is 15.1. The van der Waals surface area contributed by atoms with Gasteiger partial charge in [-0.1, -0.05) is 27.7 Å². The molecule has 0 saturated carbocycles. The Hall–Kier alpha value is -0.0800. The van der Waals surface area contributed by atoms with Gasteiger partial charge in [0.15, 0.2) is 0 Å². The third-order valence-corrected chi connectivity index (χ3v) is 3.15. The van der Waals surface area contributed by atoms with Crippen LogP contribution in [0, 0.1) is 17.3 Å². The molecule has 2 unspecified atom stereocenters. The molecule has 0 aromatic carbocycles. The molecular weight excluding hydrogens is 172 g/mol. The van der Waals surface area contributed by atoms with Crippen LogP contribution in [0.2, 0.25) is 0 Å². The van der Waals surface area contributed by atoms with Gasteiger partial charge in [0.1, 0.15) is 0 Å². The Morgan fingerprint density at radius 1 is 1.21 bits per heavy atom. The molecule has 0 bridgehead atoms. The zero-order valence-corrected chi connectivity index (χ0v) is 10.2. The Labute approximate surface area is 88.8 Å². The average Bonchev–Trinajstić information content (AvgIpc) is 2.01. The highest BCUT2D eigenvalue weighted by molar-refractivity contribution is 4.80. The maximum absolute atomic E-state index is 5.77. The molecule has 1 rings (SSSR count). The molecule has 0 amide bonds. The average molecular weight is 198 g/mol. The zero-order valence-electron chi connectivity index (χ0n) is 10.2. The summed E-state index contributed by atoms with van der Waals surface area (Å²) in [4.78, 5) is 2.59. The van der Waals surface area contributed by atoms with Crippen LogP contribution in [0.15, 0.2) is 0 Å². The second-order valence-electron chi connectivity index (χ2n) is 6.01. The standard InChI is InChI=1S/C12H26N2/c1-10-5-11(2)7-14(6-10)9-12(3,4)8-13/h10-11H,5-9,13H2,1-4H3. The van der Waals surface area contributed by atoms with Crippen molar-refractivity contribution in [2.45, 2.75) is 34.1 Å². The van der Waals surface area contributed by atoms with Crippen LogP contribution >= 0.6 is 0 Å². The predicted octanol–water partition coefficient (Wildman–Crippen LogP) is 1.95. The summed E-state index contributed by atoms with van der Waals surface area (Å²) in [5.41, 5.74) is 6.04. The van der Waals surface area contributed by atoms with Gasteiger partial charge in [-0.15, -0.1) is 0 Å². The molecule has 0 spiro atoms. The van der Waals surface area contributed by atoms with Crippen molar-refractivity contribution in [1.29, 1.82) is 0 Å². The van der Waals surface area contributed by atoms with Crippen LogP contribution in [0.5, 0.6) is 0 Å². The fraction of sp³-hybridized carbons (Fsp3) is 1.00. The van der Waals surface area contributed by atoms with Crippen molar-refractivity contribution < 1.29 is 0 Å². The zero-order chi connectivity index (χ0) is 10.8. The Morgan fingerprint density at radius 3 is 2.14 bits per heavy atom. The first-order valence-corrected chi connectivity index (χ1v) is 5.85. The summed E-state index contributed by atoms with van der Waals surface area (Å²) in [5, 5.41) is 0. The van der Waals surface area contributed by atoms with Gasteiger partial charge in [0.05, 0.1) is 0 Å². The highest BCUT2D eigenvalue weighted by Gasteiger charge is 2.26. The monoisotopic (exact) mass is 198 g/mol. The fourth-order valence-corrected chi connectivity index (χ4v) is 2.59. The molecule has 1 fully saturated rings. The van der Waals surface area contributed by atoms with Crippen LogP contribution in [-0.2, 0) is 0 Å². The van der Waals surface area contributed by atoms with Gasteiger partial charge >= 0.3 is 0 Å². The van der Waals surface area contributed by atoms with Crippen molar-refractivity contribution in [3.63, 3.8) is 0 Å². The summed E-state index contributed by atoms with van der Waals surface area (Å²) in [5.74, 6) is 1.71. The highest BCUT2D eigenvalue weighted by Crippen LogP contribution is 2.24. The largest absolute Gasteiger partial charge is 0.330 e. The molecule has 14 heavy (non-hydrogen) atoms. The Balaban J connectivity index is 2.44. The number of hydrogen-bond donors (Lipinski definition) is 1. The summed E-state index contributed by atoms with van der Waals surface area (Å²) in [6.07, 6.45) is 1.39. The Bertz CT molecular complexity index is 167. The minimum atomic E-state index is 0.275. The summed E-state index contributed by atoms with van der Waals surface area (Å²) >= 11 is 0. The van der Waals surface area contributed by atoms with Crippen molar-refractivity contribution in [2.24, 2.45) is 23.0 Å². The number of piperidine rings is 1. The summed E-state index contributed by atoms with van der Waals surface area (Å²) < 4.78 is 0. The van der Waals surface area contributed by atoms with E-state index in [1.165, 1.54) is 19.5 Å². The fourth-order valence-electron chi connectivity index (χ4n) is 2.59. The van der Waals surface area contributed by atoms with E-state index in [1.54, 1.807) is 0 Å². The van der Waals surface area contributed by atoms with Crippen molar-refractivity contribution in [3.8, 4) is 0 Å². The summed E-state index contributed by atoms with van der Waals surface area (Å²) in [6, 6.07) is 0. The van der Waals surface area contributed by atoms with E-state index >= 15 is 0 Å². The second kappa shape index (κ2) is 4.63. The molecule has 1 saturated heterocycles. The lowest BCUT2D eigenvalue weighted by atomic mass is 9.88. The number of likely N-dealkylation sites (tertiary alicyclic amines) is 1. The molecule has 0 radical (unpaired) electrons. The van der Waals surface area contributed by atoms with Crippen molar-refractivity contribution >= 4 is 0 Å². The van der Waals surface area contributed by atoms with Crippen LogP contribution in [0.4, 0.5) is 0 Å². The molecule has 2 heteroatoms. The SMILES string of the molecule is CC1CC(C)CN(CC(C)(C)CN)C1. The van der Waals surface area contributed by atoms with Crippen LogP contribution in [-0.4, -0.2) is 31.1 Å². The first-order chi connectivity index (χ1) is 6.43. The maximum Gasteiger partial charge on any atom is 0.00450 e. The predicted molar refractivity (Wildman–Crippen MR) is 62.2 cm³/mol. The molecule has 2 N–H and O–H groups in total. The van der Waals surface area contributed by atoms with E-state index in [9.17, 15) is 0 Å². The molecule has 0 aromatic rings. The van der Waals surface area contributed by atoms with Crippen molar-refractivity contribution in [3.05, 3.63) is 0 Å². The molecule has 0 aromatic heterocycles. The third-order valence-electron chi connectivity index (χ3n) is 3.15. The van der Waals surface area contributed by atoms with Crippen LogP contribution < -0.4 is 5.73 Å². The maximum atomic E-state index is 5.77. The molecule has 84 valence electrons. The van der Waals surface area contributed by atoms with Gasteiger partial charge in [0.2, 0.25) is 0 Å². The first-order valence-electron chi connectivity index (χ1n) is 5.85. The van der Waals surface area contributed by atoms with Gasteiger partial charge in [-0.25, -0.2) is 0 Å². The van der Waals surface area contributed by atoms with E-state index in [2.05, 4.69) is 32.6 Å². The van der Waals surface area contributed by atoms with E-state index in [4.69, 9.17) is 5.73 Å². The molecule has 2 nitrogen and oxygen atoms in total. The Morgan fingerprint density at radius 2 is 1.71 bits per heavy atom. The van der Waals surface area contributed by atoms with E-state index in [1.807, 2.05) is 0 Å². The van der Waals surface area contributed by atoms with Crippen molar-refractivity contribution in [1.82, 2.24) is 4.90 Å². The van der Waals surface area contributed by atoms with Gasteiger partial charge in [0.25, 0.3) is 0 Å².